The van der Waals surface area contributed by atoms with Crippen molar-refractivity contribution in [3.05, 3.63) is 29.3 Å². The van der Waals surface area contributed by atoms with Gasteiger partial charge in [0.1, 0.15) is 5.75 Å². The summed E-state index contributed by atoms with van der Waals surface area (Å²) in [6.45, 7) is 2.94. The van der Waals surface area contributed by atoms with E-state index in [0.717, 1.165) is 12.5 Å². The van der Waals surface area contributed by atoms with Gasteiger partial charge in [-0.15, -0.1) is 0 Å². The van der Waals surface area contributed by atoms with Gasteiger partial charge in [0.25, 0.3) is 0 Å². The molecule has 1 nitrogen and oxygen atoms in total. The molecule has 0 aliphatic carbocycles. The third-order valence-corrected chi connectivity index (χ3v) is 2.68. The van der Waals surface area contributed by atoms with Crippen LogP contribution in [-0.2, 0) is 6.42 Å². The smallest absolute Gasteiger partial charge is 0.428 e. The molecule has 0 radical (unpaired) electrons. The van der Waals surface area contributed by atoms with Gasteiger partial charge >= 0.3 is 6.18 Å². The van der Waals surface area contributed by atoms with Crippen LogP contribution < -0.4 is 4.74 Å². The SMILES string of the molecule is Cc1ccc2c(c1)CC(C)(C(F)(F)F)O2. The highest BCUT2D eigenvalue weighted by atomic mass is 19.4. The molecule has 0 spiro atoms. The predicted molar refractivity (Wildman–Crippen MR) is 50.0 cm³/mol. The highest BCUT2D eigenvalue weighted by Crippen LogP contribution is 2.44. The van der Waals surface area contributed by atoms with Gasteiger partial charge in [-0.1, -0.05) is 17.7 Å². The minimum atomic E-state index is -4.33. The molecule has 4 heteroatoms. The first kappa shape index (κ1) is 10.3. The van der Waals surface area contributed by atoms with Crippen LogP contribution in [0.2, 0.25) is 0 Å². The van der Waals surface area contributed by atoms with Crippen molar-refractivity contribution in [3.8, 4) is 5.75 Å². The molecule has 0 bridgehead atoms. The molecule has 1 aliphatic heterocycles. The summed E-state index contributed by atoms with van der Waals surface area (Å²) in [7, 11) is 0. The fourth-order valence-corrected chi connectivity index (χ4v) is 1.75. The molecule has 1 aliphatic rings. The predicted octanol–water partition coefficient (Wildman–Crippen LogP) is 3.25. The molecule has 15 heavy (non-hydrogen) atoms. The first-order chi connectivity index (χ1) is 6.82. The van der Waals surface area contributed by atoms with Crippen LogP contribution in [0.15, 0.2) is 18.2 Å². The van der Waals surface area contributed by atoms with Gasteiger partial charge in [0.15, 0.2) is 0 Å². The Kier molecular flexibility index (Phi) is 2.00. The first-order valence-corrected chi connectivity index (χ1v) is 4.67. The molecule has 1 aromatic rings. The van der Waals surface area contributed by atoms with Crippen molar-refractivity contribution in [1.29, 1.82) is 0 Å². The molecule has 82 valence electrons. The molecule has 1 heterocycles. The second-order valence-corrected chi connectivity index (χ2v) is 4.12. The van der Waals surface area contributed by atoms with Crippen LogP contribution in [0.5, 0.6) is 5.75 Å². The number of ether oxygens (including phenoxy) is 1. The topological polar surface area (TPSA) is 9.23 Å². The molecule has 0 amide bonds. The number of hydrogen-bond donors (Lipinski definition) is 0. The summed E-state index contributed by atoms with van der Waals surface area (Å²) in [6, 6.07) is 5.09. The first-order valence-electron chi connectivity index (χ1n) is 4.67. The van der Waals surface area contributed by atoms with Crippen molar-refractivity contribution in [2.75, 3.05) is 0 Å². The fraction of sp³-hybridized carbons (Fsp3) is 0.455. The second kappa shape index (κ2) is 2.90. The molecular formula is C11H11F3O. The van der Waals surface area contributed by atoms with Crippen LogP contribution in [0.3, 0.4) is 0 Å². The number of rotatable bonds is 0. The van der Waals surface area contributed by atoms with Crippen LogP contribution in [0, 0.1) is 6.92 Å². The second-order valence-electron chi connectivity index (χ2n) is 4.12. The van der Waals surface area contributed by atoms with Gasteiger partial charge in [0.05, 0.1) is 0 Å². The van der Waals surface area contributed by atoms with E-state index in [1.165, 1.54) is 0 Å². The van der Waals surface area contributed by atoms with E-state index in [-0.39, 0.29) is 6.42 Å². The lowest BCUT2D eigenvalue weighted by Gasteiger charge is -2.26. The fourth-order valence-electron chi connectivity index (χ4n) is 1.75. The van der Waals surface area contributed by atoms with Crippen molar-refractivity contribution < 1.29 is 17.9 Å². The third-order valence-electron chi connectivity index (χ3n) is 2.68. The Morgan fingerprint density at radius 1 is 1.33 bits per heavy atom. The van der Waals surface area contributed by atoms with Crippen molar-refractivity contribution in [1.82, 2.24) is 0 Å². The Labute approximate surface area is 85.9 Å². The third kappa shape index (κ3) is 1.58. The number of alkyl halides is 3. The van der Waals surface area contributed by atoms with Crippen molar-refractivity contribution >= 4 is 0 Å². The van der Waals surface area contributed by atoms with Crippen LogP contribution >= 0.6 is 0 Å². The molecular weight excluding hydrogens is 205 g/mol. The molecule has 0 saturated carbocycles. The Morgan fingerprint density at radius 2 is 2.00 bits per heavy atom. The average Bonchev–Trinajstić information content (AvgIpc) is 2.40. The number of halogens is 3. The zero-order valence-corrected chi connectivity index (χ0v) is 8.48. The van der Waals surface area contributed by atoms with E-state index in [9.17, 15) is 13.2 Å². The maximum atomic E-state index is 12.7. The molecule has 1 atom stereocenters. The minimum Gasteiger partial charge on any atom is -0.477 e. The molecule has 0 fully saturated rings. The maximum Gasteiger partial charge on any atom is 0.428 e. The van der Waals surface area contributed by atoms with E-state index in [0.29, 0.717) is 11.3 Å². The molecule has 0 aromatic heterocycles. The summed E-state index contributed by atoms with van der Waals surface area (Å²) in [5.74, 6) is 0.348. The minimum absolute atomic E-state index is 0.104. The van der Waals surface area contributed by atoms with E-state index in [1.807, 2.05) is 6.92 Å². The van der Waals surface area contributed by atoms with Crippen molar-refractivity contribution in [3.63, 3.8) is 0 Å². The van der Waals surface area contributed by atoms with E-state index in [1.54, 1.807) is 18.2 Å². The highest BCUT2D eigenvalue weighted by Gasteiger charge is 2.56. The van der Waals surface area contributed by atoms with E-state index >= 15 is 0 Å². The van der Waals surface area contributed by atoms with Gasteiger partial charge in [-0.3, -0.25) is 0 Å². The van der Waals surface area contributed by atoms with Crippen LogP contribution in [0.4, 0.5) is 13.2 Å². The summed E-state index contributed by atoms with van der Waals surface area (Å²) in [5, 5.41) is 0. The molecule has 0 saturated heterocycles. The van der Waals surface area contributed by atoms with Gasteiger partial charge in [-0.25, -0.2) is 0 Å². The normalized spacial score (nSPS) is 24.9. The van der Waals surface area contributed by atoms with Crippen LogP contribution in [0.25, 0.3) is 0 Å². The Hall–Kier alpha value is -1.19. The lowest BCUT2D eigenvalue weighted by Crippen LogP contribution is -2.46. The standard InChI is InChI=1S/C11H11F3O/c1-7-3-4-9-8(5-7)6-10(2,15-9)11(12,13)14/h3-5H,6H2,1-2H3. The van der Waals surface area contributed by atoms with E-state index in [2.05, 4.69) is 0 Å². The van der Waals surface area contributed by atoms with Gasteiger partial charge in [0.2, 0.25) is 5.60 Å². The molecule has 0 N–H and O–H groups in total. The monoisotopic (exact) mass is 216 g/mol. The zero-order valence-electron chi connectivity index (χ0n) is 8.48. The van der Waals surface area contributed by atoms with Crippen LogP contribution in [-0.4, -0.2) is 11.8 Å². The quantitative estimate of drug-likeness (QED) is 0.646. The van der Waals surface area contributed by atoms with Crippen molar-refractivity contribution in [2.45, 2.75) is 32.0 Å². The Bertz CT molecular complexity index is 397. The average molecular weight is 216 g/mol. The molecule has 2 rings (SSSR count). The number of benzene rings is 1. The lowest BCUT2D eigenvalue weighted by atomic mass is 9.98. The Balaban J connectivity index is 2.37. The summed E-state index contributed by atoms with van der Waals surface area (Å²) < 4.78 is 43.0. The van der Waals surface area contributed by atoms with Crippen molar-refractivity contribution in [2.24, 2.45) is 0 Å². The number of fused-ring (bicyclic) bond motifs is 1. The van der Waals surface area contributed by atoms with Gasteiger partial charge in [-0.2, -0.15) is 13.2 Å². The van der Waals surface area contributed by atoms with Gasteiger partial charge in [-0.05, 0) is 25.5 Å². The van der Waals surface area contributed by atoms with E-state index in [4.69, 9.17) is 4.74 Å². The summed E-state index contributed by atoms with van der Waals surface area (Å²) in [4.78, 5) is 0. The number of aryl methyl sites for hydroxylation is 1. The molecule has 1 unspecified atom stereocenters. The summed E-state index contributed by atoms with van der Waals surface area (Å²) in [6.07, 6.45) is -4.44. The summed E-state index contributed by atoms with van der Waals surface area (Å²) in [5.41, 5.74) is -0.484. The molecule has 1 aromatic carbocycles. The lowest BCUT2D eigenvalue weighted by molar-refractivity contribution is -0.235. The van der Waals surface area contributed by atoms with Crippen LogP contribution in [0.1, 0.15) is 18.1 Å². The largest absolute Gasteiger partial charge is 0.477 e. The zero-order chi connectivity index (χ0) is 11.3. The van der Waals surface area contributed by atoms with Gasteiger partial charge < -0.3 is 4.74 Å². The summed E-state index contributed by atoms with van der Waals surface area (Å²) >= 11 is 0. The Morgan fingerprint density at radius 3 is 2.60 bits per heavy atom. The van der Waals surface area contributed by atoms with Gasteiger partial charge in [0, 0.05) is 6.42 Å². The van der Waals surface area contributed by atoms with E-state index < -0.39 is 11.8 Å². The number of hydrogen-bond acceptors (Lipinski definition) is 1. The maximum absolute atomic E-state index is 12.7. The highest BCUT2D eigenvalue weighted by molar-refractivity contribution is 5.42.